The summed E-state index contributed by atoms with van der Waals surface area (Å²) in [6.45, 7) is 2.22. The molecule has 0 aliphatic carbocycles. The molecule has 22 heavy (non-hydrogen) atoms. The zero-order valence-electron chi connectivity index (χ0n) is 12.1. The Labute approximate surface area is 127 Å². The van der Waals surface area contributed by atoms with Crippen molar-refractivity contribution in [3.05, 3.63) is 60.4 Å². The molecule has 0 atom stereocenters. The third-order valence-corrected chi connectivity index (χ3v) is 3.23. The molecule has 0 spiro atoms. The summed E-state index contributed by atoms with van der Waals surface area (Å²) in [5.74, 6) is -0.286. The van der Waals surface area contributed by atoms with Crippen LogP contribution in [0, 0.1) is 0 Å². The molecule has 0 unspecified atom stereocenters. The summed E-state index contributed by atoms with van der Waals surface area (Å²) < 4.78 is 0. The number of pyridine rings is 2. The molecule has 0 saturated carbocycles. The van der Waals surface area contributed by atoms with Gasteiger partial charge < -0.3 is 0 Å². The molecular weight excluding hydrogens is 278 g/mol. The molecule has 0 aliphatic rings. The van der Waals surface area contributed by atoms with Crippen molar-refractivity contribution in [3.8, 4) is 11.3 Å². The molecule has 0 fully saturated rings. The highest BCUT2D eigenvalue weighted by Crippen LogP contribution is 2.24. The van der Waals surface area contributed by atoms with Crippen molar-refractivity contribution in [2.75, 3.05) is 6.61 Å². The van der Waals surface area contributed by atoms with Crippen molar-refractivity contribution in [1.29, 1.82) is 0 Å². The predicted molar refractivity (Wildman–Crippen MR) is 84.1 cm³/mol. The highest BCUT2D eigenvalue weighted by molar-refractivity contribution is 6.06. The smallest absolute Gasteiger partial charge is 0.274 e. The van der Waals surface area contributed by atoms with Gasteiger partial charge in [-0.1, -0.05) is 18.2 Å². The minimum Gasteiger partial charge on any atom is -0.274 e. The second-order valence-electron chi connectivity index (χ2n) is 4.68. The Morgan fingerprint density at radius 1 is 1.23 bits per heavy atom. The number of rotatable bonds is 4. The number of hydrogen-bond acceptors (Lipinski definition) is 4. The van der Waals surface area contributed by atoms with Crippen molar-refractivity contribution >= 4 is 16.8 Å². The molecule has 1 amide bonds. The largest absolute Gasteiger partial charge is 0.275 e. The highest BCUT2D eigenvalue weighted by Gasteiger charge is 2.13. The number of benzene rings is 1. The maximum absolute atomic E-state index is 12.3. The third kappa shape index (κ3) is 2.80. The first-order valence-corrected chi connectivity index (χ1v) is 7.02. The van der Waals surface area contributed by atoms with E-state index in [-0.39, 0.29) is 5.91 Å². The molecule has 0 bridgehead atoms. The topological polar surface area (TPSA) is 64.1 Å². The van der Waals surface area contributed by atoms with Crippen LogP contribution < -0.4 is 5.48 Å². The lowest BCUT2D eigenvalue weighted by molar-refractivity contribution is 0.0366. The molecule has 2 heterocycles. The molecule has 110 valence electrons. The molecule has 1 N–H and O–H groups in total. The number of nitrogens with zero attached hydrogens (tertiary/aromatic N) is 2. The Morgan fingerprint density at radius 2 is 2.09 bits per heavy atom. The van der Waals surface area contributed by atoms with Crippen LogP contribution in [0.5, 0.6) is 0 Å². The zero-order chi connectivity index (χ0) is 15.4. The first-order chi connectivity index (χ1) is 10.8. The van der Waals surface area contributed by atoms with E-state index in [0.717, 1.165) is 16.5 Å². The Bertz CT molecular complexity index is 803. The van der Waals surface area contributed by atoms with Crippen LogP contribution in [0.1, 0.15) is 17.3 Å². The lowest BCUT2D eigenvalue weighted by atomic mass is 10.0. The number of carbonyl (C=O) groups excluding carboxylic acids is 1. The van der Waals surface area contributed by atoms with E-state index in [0.29, 0.717) is 17.9 Å². The quantitative estimate of drug-likeness (QED) is 0.751. The number of para-hydroxylation sites is 1. The first kappa shape index (κ1) is 14.2. The lowest BCUT2D eigenvalue weighted by Crippen LogP contribution is -2.24. The fourth-order valence-corrected chi connectivity index (χ4v) is 2.22. The van der Waals surface area contributed by atoms with Crippen LogP contribution >= 0.6 is 0 Å². The van der Waals surface area contributed by atoms with E-state index in [1.54, 1.807) is 18.5 Å². The Kier molecular flexibility index (Phi) is 4.07. The van der Waals surface area contributed by atoms with Crippen LogP contribution in [-0.4, -0.2) is 22.5 Å². The normalized spacial score (nSPS) is 10.6. The van der Waals surface area contributed by atoms with Gasteiger partial charge in [0.15, 0.2) is 0 Å². The standard InChI is InChI=1S/C17H15N3O2/c1-2-22-20-17(21)14-10-16(12-6-5-9-18-11-12)19-15-8-4-3-7-13(14)15/h3-11H,2H2,1H3,(H,20,21). The molecule has 5 nitrogen and oxygen atoms in total. The zero-order valence-corrected chi connectivity index (χ0v) is 12.1. The lowest BCUT2D eigenvalue weighted by Gasteiger charge is -2.10. The molecule has 3 aromatic rings. The Hall–Kier alpha value is -2.79. The summed E-state index contributed by atoms with van der Waals surface area (Å²) in [6, 6.07) is 13.0. The van der Waals surface area contributed by atoms with E-state index in [4.69, 9.17) is 4.84 Å². The summed E-state index contributed by atoms with van der Waals surface area (Å²) >= 11 is 0. The van der Waals surface area contributed by atoms with Crippen molar-refractivity contribution < 1.29 is 9.63 Å². The number of aromatic nitrogens is 2. The van der Waals surface area contributed by atoms with Crippen LogP contribution in [0.25, 0.3) is 22.2 Å². The summed E-state index contributed by atoms with van der Waals surface area (Å²) in [5, 5.41) is 0.785. The van der Waals surface area contributed by atoms with Gasteiger partial charge in [0.2, 0.25) is 0 Å². The fourth-order valence-electron chi connectivity index (χ4n) is 2.22. The first-order valence-electron chi connectivity index (χ1n) is 7.02. The summed E-state index contributed by atoms with van der Waals surface area (Å²) in [5.41, 5.74) is 5.28. The van der Waals surface area contributed by atoms with Crippen LogP contribution in [0.2, 0.25) is 0 Å². The van der Waals surface area contributed by atoms with Gasteiger partial charge in [-0.25, -0.2) is 10.5 Å². The van der Waals surface area contributed by atoms with Gasteiger partial charge in [-0.2, -0.15) is 0 Å². The fraction of sp³-hybridized carbons (Fsp3) is 0.118. The van der Waals surface area contributed by atoms with E-state index >= 15 is 0 Å². The Morgan fingerprint density at radius 3 is 2.86 bits per heavy atom. The van der Waals surface area contributed by atoms with Gasteiger partial charge in [0.05, 0.1) is 23.4 Å². The maximum atomic E-state index is 12.3. The molecule has 0 radical (unpaired) electrons. The van der Waals surface area contributed by atoms with E-state index in [9.17, 15) is 4.79 Å². The van der Waals surface area contributed by atoms with Gasteiger partial charge in [-0.15, -0.1) is 0 Å². The minimum atomic E-state index is -0.286. The maximum Gasteiger partial charge on any atom is 0.275 e. The number of amides is 1. The van der Waals surface area contributed by atoms with Crippen molar-refractivity contribution in [1.82, 2.24) is 15.4 Å². The summed E-state index contributed by atoms with van der Waals surface area (Å²) in [4.78, 5) is 26.0. The van der Waals surface area contributed by atoms with Gasteiger partial charge in [0.25, 0.3) is 5.91 Å². The Balaban J connectivity index is 2.14. The van der Waals surface area contributed by atoms with E-state index in [1.807, 2.05) is 43.3 Å². The number of hydrogen-bond donors (Lipinski definition) is 1. The van der Waals surface area contributed by atoms with Crippen LogP contribution in [0.3, 0.4) is 0 Å². The summed E-state index contributed by atoms with van der Waals surface area (Å²) in [6.07, 6.45) is 3.43. The van der Waals surface area contributed by atoms with Crippen LogP contribution in [0.4, 0.5) is 0 Å². The van der Waals surface area contributed by atoms with Crippen molar-refractivity contribution in [3.63, 3.8) is 0 Å². The molecule has 3 rings (SSSR count). The number of hydroxylamine groups is 1. The van der Waals surface area contributed by atoms with Gasteiger partial charge in [0, 0.05) is 23.3 Å². The average Bonchev–Trinajstić information content (AvgIpc) is 2.59. The summed E-state index contributed by atoms with van der Waals surface area (Å²) in [7, 11) is 0. The van der Waals surface area contributed by atoms with Crippen LogP contribution in [0.15, 0.2) is 54.9 Å². The molecule has 1 aromatic carbocycles. The number of fused-ring (bicyclic) bond motifs is 1. The average molecular weight is 293 g/mol. The van der Waals surface area contributed by atoms with Gasteiger partial charge >= 0.3 is 0 Å². The molecule has 5 heteroatoms. The van der Waals surface area contributed by atoms with Gasteiger partial charge in [0.1, 0.15) is 0 Å². The monoisotopic (exact) mass is 293 g/mol. The second kappa shape index (κ2) is 6.32. The van der Waals surface area contributed by atoms with Crippen molar-refractivity contribution in [2.45, 2.75) is 6.92 Å². The molecule has 0 aliphatic heterocycles. The predicted octanol–water partition coefficient (Wildman–Crippen LogP) is 2.98. The second-order valence-corrected chi connectivity index (χ2v) is 4.68. The number of nitrogens with one attached hydrogen (secondary N) is 1. The molecule has 2 aromatic heterocycles. The minimum absolute atomic E-state index is 0.286. The molecular formula is C17H15N3O2. The van der Waals surface area contributed by atoms with Gasteiger partial charge in [-0.3, -0.25) is 14.6 Å². The molecule has 0 saturated heterocycles. The third-order valence-electron chi connectivity index (χ3n) is 3.23. The van der Waals surface area contributed by atoms with E-state index in [1.165, 1.54) is 0 Å². The van der Waals surface area contributed by atoms with Crippen LogP contribution in [-0.2, 0) is 4.84 Å². The van der Waals surface area contributed by atoms with Crippen molar-refractivity contribution in [2.24, 2.45) is 0 Å². The highest BCUT2D eigenvalue weighted by atomic mass is 16.6. The van der Waals surface area contributed by atoms with Gasteiger partial charge in [-0.05, 0) is 31.2 Å². The SMILES string of the molecule is CCONC(=O)c1cc(-c2cccnc2)nc2ccccc12. The van der Waals surface area contributed by atoms with E-state index < -0.39 is 0 Å². The van der Waals surface area contributed by atoms with E-state index in [2.05, 4.69) is 15.4 Å². The number of carbonyl (C=O) groups is 1.